The van der Waals surface area contributed by atoms with E-state index in [1.165, 1.54) is 24.1 Å². The van der Waals surface area contributed by atoms with Crippen molar-refractivity contribution in [1.29, 1.82) is 0 Å². The number of hydrogen-bond acceptors (Lipinski definition) is 4. The van der Waals surface area contributed by atoms with Crippen molar-refractivity contribution in [2.45, 2.75) is 44.2 Å². The molecule has 2 aliphatic heterocycles. The van der Waals surface area contributed by atoms with E-state index in [0.29, 0.717) is 0 Å². The summed E-state index contributed by atoms with van der Waals surface area (Å²) in [5.41, 5.74) is 3.27. The van der Waals surface area contributed by atoms with Gasteiger partial charge < -0.3 is 15.0 Å². The first kappa shape index (κ1) is 15.8. The molecule has 0 spiro atoms. The van der Waals surface area contributed by atoms with Crippen LogP contribution in [0.5, 0.6) is 0 Å². The average Bonchev–Trinajstić information content (AvgIpc) is 2.61. The van der Waals surface area contributed by atoms with Crippen LogP contribution in [-0.4, -0.2) is 66.2 Å². The monoisotopic (exact) mass is 330 g/mol. The number of carbonyl (C=O) groups is 1. The molecule has 3 aliphatic rings. The van der Waals surface area contributed by atoms with Gasteiger partial charge in [-0.3, -0.25) is 9.88 Å². The lowest BCUT2D eigenvalue weighted by atomic mass is 9.96. The van der Waals surface area contributed by atoms with Crippen LogP contribution in [0.3, 0.4) is 0 Å². The van der Waals surface area contributed by atoms with Gasteiger partial charge in [-0.25, -0.2) is 4.79 Å². The topological polar surface area (TPSA) is 57.7 Å². The summed E-state index contributed by atoms with van der Waals surface area (Å²) in [6.07, 6.45) is 7.44. The van der Waals surface area contributed by atoms with Crippen molar-refractivity contribution >= 4 is 11.7 Å². The lowest BCUT2D eigenvalue weighted by Crippen LogP contribution is -2.59. The fraction of sp³-hybridized carbons (Fsp3) is 0.667. The molecule has 1 unspecified atom stereocenters. The lowest BCUT2D eigenvalue weighted by Gasteiger charge is -2.45. The molecule has 1 aliphatic carbocycles. The molecule has 130 valence electrons. The second-order valence-corrected chi connectivity index (χ2v) is 7.14. The van der Waals surface area contributed by atoms with Crippen molar-refractivity contribution in [2.75, 3.05) is 38.6 Å². The van der Waals surface area contributed by atoms with Gasteiger partial charge in [0.05, 0.1) is 30.6 Å². The minimum Gasteiger partial charge on any atom is -0.373 e. The number of aromatic nitrogens is 1. The number of rotatable bonds is 2. The zero-order valence-corrected chi connectivity index (χ0v) is 14.3. The SMILES string of the molecule is CN(C(=O)Nc1cnc2c(c1)CCCC2)[C@H]1CCN2CCO[C@H]1C2. The van der Waals surface area contributed by atoms with Gasteiger partial charge in [0.2, 0.25) is 0 Å². The van der Waals surface area contributed by atoms with Crippen molar-refractivity contribution in [3.05, 3.63) is 23.5 Å². The molecule has 2 saturated heterocycles. The van der Waals surface area contributed by atoms with E-state index in [2.05, 4.69) is 21.3 Å². The van der Waals surface area contributed by atoms with E-state index in [4.69, 9.17) is 4.74 Å². The van der Waals surface area contributed by atoms with Crippen molar-refractivity contribution in [1.82, 2.24) is 14.8 Å². The Balaban J connectivity index is 1.42. The van der Waals surface area contributed by atoms with Crippen molar-refractivity contribution in [2.24, 2.45) is 0 Å². The van der Waals surface area contributed by atoms with Gasteiger partial charge in [-0.1, -0.05) is 0 Å². The third-order valence-corrected chi connectivity index (χ3v) is 5.59. The number of pyridine rings is 1. The first-order chi connectivity index (χ1) is 11.7. The number of aryl methyl sites for hydroxylation is 2. The molecule has 6 heteroatoms. The number of nitrogens with zero attached hydrogens (tertiary/aromatic N) is 3. The Kier molecular flexibility index (Phi) is 4.41. The molecule has 1 aromatic heterocycles. The molecule has 0 aromatic carbocycles. The Morgan fingerprint density at radius 2 is 2.25 bits per heavy atom. The number of urea groups is 1. The maximum atomic E-state index is 12.7. The summed E-state index contributed by atoms with van der Waals surface area (Å²) in [4.78, 5) is 21.4. The number of nitrogens with one attached hydrogen (secondary N) is 1. The second kappa shape index (κ2) is 6.69. The molecule has 3 atom stereocenters. The average molecular weight is 330 g/mol. The van der Waals surface area contributed by atoms with Gasteiger partial charge in [-0.2, -0.15) is 0 Å². The van der Waals surface area contributed by atoms with E-state index in [-0.39, 0.29) is 18.2 Å². The minimum absolute atomic E-state index is 0.0693. The van der Waals surface area contributed by atoms with E-state index < -0.39 is 0 Å². The predicted molar refractivity (Wildman–Crippen MR) is 92.2 cm³/mol. The zero-order chi connectivity index (χ0) is 16.5. The van der Waals surface area contributed by atoms with Gasteiger partial charge in [-0.15, -0.1) is 0 Å². The summed E-state index contributed by atoms with van der Waals surface area (Å²) in [6, 6.07) is 2.17. The largest absolute Gasteiger partial charge is 0.373 e. The summed E-state index contributed by atoms with van der Waals surface area (Å²) in [6.45, 7) is 3.76. The lowest BCUT2D eigenvalue weighted by molar-refractivity contribution is -0.0878. The van der Waals surface area contributed by atoms with Crippen LogP contribution < -0.4 is 5.32 Å². The quantitative estimate of drug-likeness (QED) is 0.900. The fourth-order valence-electron chi connectivity index (χ4n) is 4.13. The van der Waals surface area contributed by atoms with Gasteiger partial charge in [0, 0.05) is 32.4 Å². The van der Waals surface area contributed by atoms with Crippen LogP contribution in [0.4, 0.5) is 10.5 Å². The highest BCUT2D eigenvalue weighted by Gasteiger charge is 2.36. The highest BCUT2D eigenvalue weighted by molar-refractivity contribution is 5.89. The van der Waals surface area contributed by atoms with E-state index in [1.807, 2.05) is 11.9 Å². The Bertz CT molecular complexity index is 621. The van der Waals surface area contributed by atoms with Crippen LogP contribution >= 0.6 is 0 Å². The molecule has 2 bridgehead atoms. The summed E-state index contributed by atoms with van der Waals surface area (Å²) in [5.74, 6) is 0. The molecular weight excluding hydrogens is 304 g/mol. The first-order valence-electron chi connectivity index (χ1n) is 9.06. The van der Waals surface area contributed by atoms with Crippen LogP contribution in [0.2, 0.25) is 0 Å². The number of carbonyl (C=O) groups excluding carboxylic acids is 1. The van der Waals surface area contributed by atoms with Crippen LogP contribution in [0.1, 0.15) is 30.5 Å². The number of piperidine rings is 1. The Hall–Kier alpha value is -1.66. The summed E-state index contributed by atoms with van der Waals surface area (Å²) in [7, 11) is 1.87. The Labute approximate surface area is 143 Å². The number of ether oxygens (including phenoxy) is 1. The van der Waals surface area contributed by atoms with E-state index >= 15 is 0 Å². The minimum atomic E-state index is -0.0693. The Morgan fingerprint density at radius 3 is 3.17 bits per heavy atom. The molecule has 24 heavy (non-hydrogen) atoms. The Morgan fingerprint density at radius 1 is 1.38 bits per heavy atom. The number of hydrogen-bond donors (Lipinski definition) is 1. The maximum Gasteiger partial charge on any atom is 0.321 e. The maximum absolute atomic E-state index is 12.7. The van der Waals surface area contributed by atoms with E-state index in [9.17, 15) is 4.79 Å². The highest BCUT2D eigenvalue weighted by Crippen LogP contribution is 2.24. The smallest absolute Gasteiger partial charge is 0.321 e. The molecule has 3 heterocycles. The predicted octanol–water partition coefficient (Wildman–Crippen LogP) is 1.90. The van der Waals surface area contributed by atoms with Crippen LogP contribution in [0.15, 0.2) is 12.3 Å². The van der Waals surface area contributed by atoms with Crippen LogP contribution in [-0.2, 0) is 17.6 Å². The van der Waals surface area contributed by atoms with Gasteiger partial charge in [0.15, 0.2) is 0 Å². The number of amides is 2. The molecule has 1 aromatic rings. The number of morpholine rings is 1. The number of likely N-dealkylation sites (N-methyl/N-ethyl adjacent to an activating group) is 1. The van der Waals surface area contributed by atoms with Gasteiger partial charge in [-0.05, 0) is 43.7 Å². The van der Waals surface area contributed by atoms with Crippen molar-refractivity contribution in [3.63, 3.8) is 0 Å². The normalized spacial score (nSPS) is 28.8. The molecule has 2 amide bonds. The molecule has 1 N–H and O–H groups in total. The van der Waals surface area contributed by atoms with E-state index in [1.54, 1.807) is 6.20 Å². The van der Waals surface area contributed by atoms with Crippen molar-refractivity contribution in [3.8, 4) is 0 Å². The summed E-state index contributed by atoms with van der Waals surface area (Å²) < 4.78 is 5.88. The number of anilines is 1. The van der Waals surface area contributed by atoms with Crippen LogP contribution in [0, 0.1) is 0 Å². The first-order valence-corrected chi connectivity index (χ1v) is 9.06. The van der Waals surface area contributed by atoms with Gasteiger partial charge in [0.25, 0.3) is 0 Å². The zero-order valence-electron chi connectivity index (χ0n) is 14.3. The molecule has 2 fully saturated rings. The summed E-state index contributed by atoms with van der Waals surface area (Å²) >= 11 is 0. The second-order valence-electron chi connectivity index (χ2n) is 7.14. The van der Waals surface area contributed by atoms with E-state index in [0.717, 1.165) is 51.2 Å². The van der Waals surface area contributed by atoms with Gasteiger partial charge >= 0.3 is 6.03 Å². The third-order valence-electron chi connectivity index (χ3n) is 5.59. The van der Waals surface area contributed by atoms with Crippen molar-refractivity contribution < 1.29 is 9.53 Å². The molecule has 4 rings (SSSR count). The molecular formula is C18H26N4O2. The fourth-order valence-corrected chi connectivity index (χ4v) is 4.13. The molecule has 0 saturated carbocycles. The molecule has 0 radical (unpaired) electrons. The van der Waals surface area contributed by atoms with Gasteiger partial charge in [0.1, 0.15) is 0 Å². The third kappa shape index (κ3) is 3.13. The highest BCUT2D eigenvalue weighted by atomic mass is 16.5. The number of fused-ring (bicyclic) bond motifs is 3. The standard InChI is InChI=1S/C18H26N4O2/c1-21(16-6-7-22-8-9-24-17(16)12-22)18(23)20-14-10-13-4-2-3-5-15(13)19-11-14/h10-11,16-17H,2-9,12H2,1H3,(H,20,23)/t16-,17-/m0/s1. The van der Waals surface area contributed by atoms with Crippen LogP contribution in [0.25, 0.3) is 0 Å². The molecule has 6 nitrogen and oxygen atoms in total. The summed E-state index contributed by atoms with van der Waals surface area (Å²) in [5, 5.41) is 3.02.